The van der Waals surface area contributed by atoms with E-state index in [2.05, 4.69) is 36.5 Å². The number of nitrogens with one attached hydrogen (secondary N) is 1. The molecule has 1 aromatic rings. The Kier molecular flexibility index (Phi) is 5.71. The van der Waals surface area contributed by atoms with Gasteiger partial charge in [-0.2, -0.15) is 11.8 Å². The molecule has 1 aliphatic rings. The summed E-state index contributed by atoms with van der Waals surface area (Å²) in [7, 11) is 0. The molecule has 0 aromatic heterocycles. The quantitative estimate of drug-likeness (QED) is 0.849. The Morgan fingerprint density at radius 2 is 2.24 bits per heavy atom. The van der Waals surface area contributed by atoms with Gasteiger partial charge in [0.15, 0.2) is 0 Å². The van der Waals surface area contributed by atoms with E-state index in [0.29, 0.717) is 5.25 Å². The summed E-state index contributed by atoms with van der Waals surface area (Å²) in [5.41, 5.74) is 7.91. The van der Waals surface area contributed by atoms with Crippen molar-refractivity contribution in [3.63, 3.8) is 0 Å². The van der Waals surface area contributed by atoms with Crippen LogP contribution in [-0.4, -0.2) is 23.2 Å². The molecule has 4 heteroatoms. The minimum atomic E-state index is -0.490. The zero-order valence-electron chi connectivity index (χ0n) is 13.0. The number of benzene rings is 1. The van der Waals surface area contributed by atoms with Crippen LogP contribution in [0.25, 0.3) is 0 Å². The molecular weight excluding hydrogens is 280 g/mol. The number of nitrogens with two attached hydrogens (primary N) is 1. The normalized spacial score (nSPS) is 25.7. The number of hydrogen-bond acceptors (Lipinski definition) is 3. The molecule has 0 spiro atoms. The van der Waals surface area contributed by atoms with Gasteiger partial charge >= 0.3 is 0 Å². The fraction of sp³-hybridized carbons (Fsp3) is 0.588. The predicted molar refractivity (Wildman–Crippen MR) is 90.3 cm³/mol. The lowest BCUT2D eigenvalue weighted by molar-refractivity contribution is -0.125. The summed E-state index contributed by atoms with van der Waals surface area (Å²) in [6, 6.07) is 8.52. The van der Waals surface area contributed by atoms with E-state index >= 15 is 0 Å². The SMILES string of the molecule is CCNC1(C(N)=O)CCCC(SCc2ccccc2C)C1. The summed E-state index contributed by atoms with van der Waals surface area (Å²) >= 11 is 1.96. The lowest BCUT2D eigenvalue weighted by Gasteiger charge is -2.39. The molecule has 2 rings (SSSR count). The van der Waals surface area contributed by atoms with E-state index in [9.17, 15) is 4.79 Å². The first-order chi connectivity index (χ1) is 10.1. The van der Waals surface area contributed by atoms with Gasteiger partial charge in [0.2, 0.25) is 5.91 Å². The highest BCUT2D eigenvalue weighted by Gasteiger charge is 2.40. The minimum absolute atomic E-state index is 0.189. The number of primary amides is 1. The third-order valence-electron chi connectivity index (χ3n) is 4.43. The summed E-state index contributed by atoms with van der Waals surface area (Å²) in [5, 5.41) is 3.85. The summed E-state index contributed by atoms with van der Waals surface area (Å²) in [4.78, 5) is 11.9. The van der Waals surface area contributed by atoms with Gasteiger partial charge in [-0.3, -0.25) is 4.79 Å². The summed E-state index contributed by atoms with van der Waals surface area (Å²) in [6.45, 7) is 4.98. The lowest BCUT2D eigenvalue weighted by Crippen LogP contribution is -2.58. The number of carbonyl (C=O) groups is 1. The average Bonchev–Trinajstić information content (AvgIpc) is 2.47. The molecule has 0 heterocycles. The number of likely N-dealkylation sites (N-methyl/N-ethyl adjacent to an activating group) is 1. The average molecular weight is 306 g/mol. The van der Waals surface area contributed by atoms with Crippen LogP contribution < -0.4 is 11.1 Å². The summed E-state index contributed by atoms with van der Waals surface area (Å²) < 4.78 is 0. The Hall–Kier alpha value is -1.00. The van der Waals surface area contributed by atoms with Crippen LogP contribution in [-0.2, 0) is 10.5 Å². The van der Waals surface area contributed by atoms with Crippen LogP contribution in [0.1, 0.15) is 43.7 Å². The van der Waals surface area contributed by atoms with E-state index in [-0.39, 0.29) is 5.91 Å². The van der Waals surface area contributed by atoms with Crippen molar-refractivity contribution in [2.75, 3.05) is 6.54 Å². The third kappa shape index (κ3) is 4.01. The van der Waals surface area contributed by atoms with Crippen LogP contribution in [0.2, 0.25) is 0 Å². The fourth-order valence-corrected chi connectivity index (χ4v) is 4.63. The highest BCUT2D eigenvalue weighted by molar-refractivity contribution is 7.99. The maximum atomic E-state index is 11.9. The molecule has 1 aromatic carbocycles. The Morgan fingerprint density at radius 3 is 2.90 bits per heavy atom. The van der Waals surface area contributed by atoms with Crippen LogP contribution in [0, 0.1) is 6.92 Å². The lowest BCUT2D eigenvalue weighted by atomic mass is 9.80. The Balaban J connectivity index is 1.98. The number of hydrogen-bond donors (Lipinski definition) is 2. The van der Waals surface area contributed by atoms with Gasteiger partial charge in [-0.05, 0) is 50.3 Å². The fourth-order valence-electron chi connectivity index (χ4n) is 3.16. The van der Waals surface area contributed by atoms with Gasteiger partial charge in [-0.15, -0.1) is 0 Å². The monoisotopic (exact) mass is 306 g/mol. The van der Waals surface area contributed by atoms with E-state index < -0.39 is 5.54 Å². The smallest absolute Gasteiger partial charge is 0.237 e. The van der Waals surface area contributed by atoms with Gasteiger partial charge < -0.3 is 11.1 Å². The van der Waals surface area contributed by atoms with E-state index in [4.69, 9.17) is 5.73 Å². The number of amides is 1. The summed E-state index contributed by atoms with van der Waals surface area (Å²) in [6.07, 6.45) is 3.97. The molecule has 2 unspecified atom stereocenters. The first kappa shape index (κ1) is 16.4. The van der Waals surface area contributed by atoms with Crippen LogP contribution >= 0.6 is 11.8 Å². The molecule has 0 radical (unpaired) electrons. The molecule has 3 nitrogen and oxygen atoms in total. The second kappa shape index (κ2) is 7.32. The van der Waals surface area contributed by atoms with E-state index in [1.54, 1.807) is 0 Å². The van der Waals surface area contributed by atoms with Crippen molar-refractivity contribution in [3.05, 3.63) is 35.4 Å². The molecule has 1 amide bonds. The molecule has 1 aliphatic carbocycles. The minimum Gasteiger partial charge on any atom is -0.368 e. The molecule has 0 bridgehead atoms. The van der Waals surface area contributed by atoms with Crippen LogP contribution in [0.15, 0.2) is 24.3 Å². The molecule has 1 fully saturated rings. The first-order valence-corrected chi connectivity index (χ1v) is 8.83. The largest absolute Gasteiger partial charge is 0.368 e. The topological polar surface area (TPSA) is 55.1 Å². The molecule has 116 valence electrons. The van der Waals surface area contributed by atoms with Gasteiger partial charge in [0.25, 0.3) is 0 Å². The van der Waals surface area contributed by atoms with Crippen molar-refractivity contribution in [1.82, 2.24) is 5.32 Å². The molecule has 3 N–H and O–H groups in total. The number of carbonyl (C=O) groups excluding carboxylic acids is 1. The number of rotatable bonds is 6. The molecular formula is C17H26N2OS. The van der Waals surface area contributed by atoms with Crippen molar-refractivity contribution in [2.45, 2.75) is 56.1 Å². The Bertz CT molecular complexity index is 487. The second-order valence-corrected chi connectivity index (χ2v) is 7.22. The highest BCUT2D eigenvalue weighted by atomic mass is 32.2. The third-order valence-corrected chi connectivity index (χ3v) is 5.78. The maximum absolute atomic E-state index is 11.9. The number of aryl methyl sites for hydroxylation is 1. The van der Waals surface area contributed by atoms with Crippen LogP contribution in [0.5, 0.6) is 0 Å². The van der Waals surface area contributed by atoms with Crippen LogP contribution in [0.4, 0.5) is 0 Å². The molecule has 21 heavy (non-hydrogen) atoms. The van der Waals surface area contributed by atoms with Crippen molar-refractivity contribution in [2.24, 2.45) is 5.73 Å². The molecule has 1 saturated carbocycles. The molecule has 0 saturated heterocycles. The van der Waals surface area contributed by atoms with Gasteiger partial charge in [-0.1, -0.05) is 31.2 Å². The van der Waals surface area contributed by atoms with E-state index in [1.807, 2.05) is 18.7 Å². The zero-order chi connectivity index (χ0) is 15.3. The van der Waals surface area contributed by atoms with Gasteiger partial charge in [0.05, 0.1) is 5.54 Å². The molecule has 0 aliphatic heterocycles. The van der Waals surface area contributed by atoms with Crippen molar-refractivity contribution in [3.8, 4) is 0 Å². The van der Waals surface area contributed by atoms with Crippen molar-refractivity contribution in [1.29, 1.82) is 0 Å². The van der Waals surface area contributed by atoms with Crippen LogP contribution in [0.3, 0.4) is 0 Å². The Morgan fingerprint density at radius 1 is 1.48 bits per heavy atom. The number of thioether (sulfide) groups is 1. The predicted octanol–water partition coefficient (Wildman–Crippen LogP) is 3.00. The first-order valence-electron chi connectivity index (χ1n) is 7.78. The summed E-state index contributed by atoms with van der Waals surface area (Å²) in [5.74, 6) is 0.823. The second-order valence-electron chi connectivity index (χ2n) is 5.93. The zero-order valence-corrected chi connectivity index (χ0v) is 13.8. The molecule has 2 atom stereocenters. The van der Waals surface area contributed by atoms with Gasteiger partial charge in [-0.25, -0.2) is 0 Å². The Labute approximate surface area is 132 Å². The van der Waals surface area contributed by atoms with E-state index in [0.717, 1.165) is 31.6 Å². The highest BCUT2D eigenvalue weighted by Crippen LogP contribution is 2.36. The van der Waals surface area contributed by atoms with Gasteiger partial charge in [0, 0.05) is 11.0 Å². The van der Waals surface area contributed by atoms with E-state index in [1.165, 1.54) is 17.5 Å². The van der Waals surface area contributed by atoms with Crippen molar-refractivity contribution >= 4 is 17.7 Å². The standard InChI is InChI=1S/C17H26N2OS/c1-3-19-17(16(18)20)10-6-9-15(11-17)21-12-14-8-5-4-7-13(14)2/h4-5,7-8,15,19H,3,6,9-12H2,1-2H3,(H2,18,20). The van der Waals surface area contributed by atoms with Crippen molar-refractivity contribution < 1.29 is 4.79 Å². The van der Waals surface area contributed by atoms with Gasteiger partial charge in [0.1, 0.15) is 0 Å². The maximum Gasteiger partial charge on any atom is 0.237 e.